The number of hydrogen-bond acceptors (Lipinski definition) is 2. The van der Waals surface area contributed by atoms with Crippen LogP contribution in [-0.2, 0) is 4.79 Å². The Morgan fingerprint density at radius 3 is 2.65 bits per heavy atom. The van der Waals surface area contributed by atoms with Gasteiger partial charge in [0.2, 0.25) is 0 Å². The zero-order valence-electron chi connectivity index (χ0n) is 10.3. The van der Waals surface area contributed by atoms with Gasteiger partial charge < -0.3 is 4.90 Å². The Kier molecular flexibility index (Phi) is 3.27. The molecule has 90 valence electrons. The number of ketones is 1. The summed E-state index contributed by atoms with van der Waals surface area (Å²) in [5, 5.41) is 0. The van der Waals surface area contributed by atoms with Crippen molar-refractivity contribution >= 4 is 17.4 Å². The third kappa shape index (κ3) is 1.97. The number of carbonyl (C=O) groups is 2. The number of Topliss-reactive ketones (excluding diaryl/α,β-unsaturated/α-hetero) is 1. The van der Waals surface area contributed by atoms with E-state index in [0.717, 1.165) is 30.5 Å². The number of rotatable bonds is 4. The summed E-state index contributed by atoms with van der Waals surface area (Å²) >= 11 is 0. The van der Waals surface area contributed by atoms with Crippen LogP contribution in [0.25, 0.3) is 0 Å². The van der Waals surface area contributed by atoms with Crippen LogP contribution in [0.1, 0.15) is 42.1 Å². The lowest BCUT2D eigenvalue weighted by Gasteiger charge is -2.16. The van der Waals surface area contributed by atoms with Crippen molar-refractivity contribution in [1.29, 1.82) is 0 Å². The van der Waals surface area contributed by atoms with E-state index in [0.29, 0.717) is 12.1 Å². The number of benzene rings is 1. The van der Waals surface area contributed by atoms with Gasteiger partial charge in [-0.05, 0) is 25.0 Å². The first-order valence-corrected chi connectivity index (χ1v) is 6.12. The van der Waals surface area contributed by atoms with E-state index in [9.17, 15) is 9.59 Å². The minimum Gasteiger partial charge on any atom is -0.305 e. The van der Waals surface area contributed by atoms with Crippen molar-refractivity contribution in [3.8, 4) is 0 Å². The minimum absolute atomic E-state index is 0.352. The first-order chi connectivity index (χ1) is 8.16. The summed E-state index contributed by atoms with van der Waals surface area (Å²) in [6.45, 7) is 4.64. The van der Waals surface area contributed by atoms with E-state index >= 15 is 0 Å². The highest BCUT2D eigenvalue weighted by Crippen LogP contribution is 2.31. The number of aryl methyl sites for hydroxylation is 1. The number of anilines is 1. The van der Waals surface area contributed by atoms with E-state index in [1.807, 2.05) is 25.1 Å². The van der Waals surface area contributed by atoms with Crippen molar-refractivity contribution in [2.75, 3.05) is 11.4 Å². The molecule has 1 aliphatic heterocycles. The van der Waals surface area contributed by atoms with E-state index < -0.39 is 0 Å². The van der Waals surface area contributed by atoms with Gasteiger partial charge in [0.1, 0.15) is 0 Å². The van der Waals surface area contributed by atoms with Crippen molar-refractivity contribution in [3.05, 3.63) is 29.3 Å². The molecule has 3 nitrogen and oxygen atoms in total. The summed E-state index contributed by atoms with van der Waals surface area (Å²) in [6, 6.07) is 5.63. The molecule has 0 atom stereocenters. The average molecular weight is 231 g/mol. The molecule has 0 saturated heterocycles. The molecule has 17 heavy (non-hydrogen) atoms. The lowest BCUT2D eigenvalue weighted by molar-refractivity contribution is -0.114. The van der Waals surface area contributed by atoms with Gasteiger partial charge >= 0.3 is 0 Å². The van der Waals surface area contributed by atoms with E-state index in [1.165, 1.54) is 0 Å². The highest BCUT2D eigenvalue weighted by Gasteiger charge is 2.36. The maximum absolute atomic E-state index is 11.9. The van der Waals surface area contributed by atoms with Gasteiger partial charge in [0.15, 0.2) is 0 Å². The first kappa shape index (κ1) is 11.8. The van der Waals surface area contributed by atoms with Crippen LogP contribution >= 0.6 is 0 Å². The third-order valence-electron chi connectivity index (χ3n) is 3.19. The van der Waals surface area contributed by atoms with E-state index in [4.69, 9.17) is 0 Å². The number of hydrogen-bond donors (Lipinski definition) is 0. The summed E-state index contributed by atoms with van der Waals surface area (Å²) in [4.78, 5) is 25.4. The molecule has 1 heterocycles. The molecule has 3 heteroatoms. The van der Waals surface area contributed by atoms with Gasteiger partial charge in [-0.2, -0.15) is 0 Å². The van der Waals surface area contributed by atoms with Crippen molar-refractivity contribution < 1.29 is 9.59 Å². The van der Waals surface area contributed by atoms with Crippen molar-refractivity contribution in [2.24, 2.45) is 0 Å². The second-order valence-electron chi connectivity index (χ2n) is 4.46. The Labute approximate surface area is 101 Å². The number of fused-ring (bicyclic) bond motifs is 1. The molecule has 0 spiro atoms. The topological polar surface area (TPSA) is 37.4 Å². The van der Waals surface area contributed by atoms with E-state index in [1.54, 1.807) is 4.90 Å². The highest BCUT2D eigenvalue weighted by molar-refractivity contribution is 6.52. The Balaban J connectivity index is 2.29. The lowest BCUT2D eigenvalue weighted by Crippen LogP contribution is -2.30. The molecule has 0 unspecified atom stereocenters. The van der Waals surface area contributed by atoms with Crippen LogP contribution in [0, 0.1) is 6.92 Å². The molecule has 0 radical (unpaired) electrons. The Hall–Kier alpha value is -1.64. The summed E-state index contributed by atoms with van der Waals surface area (Å²) in [6.07, 6.45) is 3.14. The number of unbranched alkanes of at least 4 members (excludes halogenated alkanes) is 2. The minimum atomic E-state index is -0.370. The molecule has 0 aromatic heterocycles. The third-order valence-corrected chi connectivity index (χ3v) is 3.19. The van der Waals surface area contributed by atoms with Crippen LogP contribution in [0.4, 0.5) is 5.69 Å². The second-order valence-corrected chi connectivity index (χ2v) is 4.46. The SMILES string of the molecule is CCCCCN1C(=O)C(=O)c2c(C)cccc21. The fourth-order valence-electron chi connectivity index (χ4n) is 2.25. The molecule has 0 bridgehead atoms. The highest BCUT2D eigenvalue weighted by atomic mass is 16.2. The molecule has 1 amide bonds. The number of amides is 1. The molecule has 2 rings (SSSR count). The summed E-state index contributed by atoms with van der Waals surface area (Å²) in [7, 11) is 0. The maximum atomic E-state index is 11.9. The second kappa shape index (κ2) is 4.70. The largest absolute Gasteiger partial charge is 0.305 e. The van der Waals surface area contributed by atoms with Crippen LogP contribution in [0.3, 0.4) is 0 Å². The van der Waals surface area contributed by atoms with Gasteiger partial charge in [-0.1, -0.05) is 31.9 Å². The zero-order chi connectivity index (χ0) is 12.4. The molecule has 1 aromatic carbocycles. The zero-order valence-corrected chi connectivity index (χ0v) is 10.3. The Bertz CT molecular complexity index is 465. The van der Waals surface area contributed by atoms with Crippen LogP contribution in [-0.4, -0.2) is 18.2 Å². The van der Waals surface area contributed by atoms with E-state index in [2.05, 4.69) is 6.92 Å². The molecule has 0 saturated carbocycles. The van der Waals surface area contributed by atoms with Crippen LogP contribution in [0.5, 0.6) is 0 Å². The van der Waals surface area contributed by atoms with Crippen molar-refractivity contribution in [2.45, 2.75) is 33.1 Å². The molecular weight excluding hydrogens is 214 g/mol. The van der Waals surface area contributed by atoms with E-state index in [-0.39, 0.29) is 11.7 Å². The van der Waals surface area contributed by atoms with Gasteiger partial charge in [-0.25, -0.2) is 0 Å². The molecular formula is C14H17NO2. The molecule has 0 N–H and O–H groups in total. The Morgan fingerprint density at radius 1 is 1.18 bits per heavy atom. The molecule has 1 aliphatic rings. The van der Waals surface area contributed by atoms with Crippen molar-refractivity contribution in [3.63, 3.8) is 0 Å². The number of carbonyl (C=O) groups excluding carboxylic acids is 2. The van der Waals surface area contributed by atoms with Crippen LogP contribution < -0.4 is 4.90 Å². The van der Waals surface area contributed by atoms with Crippen LogP contribution in [0.2, 0.25) is 0 Å². The summed E-state index contributed by atoms with van der Waals surface area (Å²) < 4.78 is 0. The first-order valence-electron chi connectivity index (χ1n) is 6.12. The fraction of sp³-hybridized carbons (Fsp3) is 0.429. The van der Waals surface area contributed by atoms with Gasteiger partial charge in [0.25, 0.3) is 11.7 Å². The van der Waals surface area contributed by atoms with Gasteiger partial charge in [-0.3, -0.25) is 9.59 Å². The molecule has 0 aliphatic carbocycles. The van der Waals surface area contributed by atoms with Crippen LogP contribution in [0.15, 0.2) is 18.2 Å². The lowest BCUT2D eigenvalue weighted by atomic mass is 10.1. The van der Waals surface area contributed by atoms with Gasteiger partial charge in [0.05, 0.1) is 11.3 Å². The fourth-order valence-corrected chi connectivity index (χ4v) is 2.25. The average Bonchev–Trinajstić information content (AvgIpc) is 2.55. The van der Waals surface area contributed by atoms with Gasteiger partial charge in [-0.15, -0.1) is 0 Å². The van der Waals surface area contributed by atoms with Gasteiger partial charge in [0, 0.05) is 6.54 Å². The normalized spacial score (nSPS) is 14.4. The molecule has 1 aromatic rings. The standard InChI is InChI=1S/C14H17NO2/c1-3-4-5-9-15-11-8-6-7-10(2)12(11)13(16)14(15)17/h6-8H,3-5,9H2,1-2H3. The Morgan fingerprint density at radius 2 is 1.94 bits per heavy atom. The monoisotopic (exact) mass is 231 g/mol. The smallest absolute Gasteiger partial charge is 0.299 e. The summed E-state index contributed by atoms with van der Waals surface area (Å²) in [5.74, 6) is -0.722. The molecule has 0 fully saturated rings. The predicted octanol–water partition coefficient (Wildman–Crippen LogP) is 2.71. The maximum Gasteiger partial charge on any atom is 0.299 e. The quantitative estimate of drug-likeness (QED) is 0.590. The van der Waals surface area contributed by atoms with Crippen molar-refractivity contribution in [1.82, 2.24) is 0 Å². The summed E-state index contributed by atoms with van der Waals surface area (Å²) in [5.41, 5.74) is 2.27. The number of nitrogens with zero attached hydrogens (tertiary/aromatic N) is 1. The predicted molar refractivity (Wildman–Crippen MR) is 67.4 cm³/mol.